The van der Waals surface area contributed by atoms with Gasteiger partial charge in [-0.15, -0.1) is 0 Å². The van der Waals surface area contributed by atoms with Gasteiger partial charge in [-0.05, 0) is 33.7 Å². The van der Waals surface area contributed by atoms with Crippen LogP contribution in [0.15, 0.2) is 0 Å². The Hall–Kier alpha value is -0.870. The lowest BCUT2D eigenvalue weighted by atomic mass is 10.2. The second-order valence-electron chi connectivity index (χ2n) is 4.58. The van der Waals surface area contributed by atoms with E-state index in [1.54, 1.807) is 7.11 Å². The molecule has 0 radical (unpaired) electrons. The number of rotatable bonds is 7. The molecule has 0 fully saturated rings. The van der Waals surface area contributed by atoms with Gasteiger partial charge >= 0.3 is 0 Å². The van der Waals surface area contributed by atoms with Crippen molar-refractivity contribution in [1.82, 2.24) is 15.1 Å². The van der Waals surface area contributed by atoms with E-state index in [2.05, 4.69) is 42.8 Å². The van der Waals surface area contributed by atoms with Crippen LogP contribution in [0.5, 0.6) is 0 Å². The van der Waals surface area contributed by atoms with E-state index in [0.29, 0.717) is 12.6 Å². The highest BCUT2D eigenvalue weighted by atomic mass is 16.5. The smallest absolute Gasteiger partial charge is 0.0727 e. The number of hydrogen-bond acceptors (Lipinski definition) is 3. The lowest BCUT2D eigenvalue weighted by Gasteiger charge is -2.13. The molecular formula is C13H25N3O. The van der Waals surface area contributed by atoms with Crippen LogP contribution in [-0.4, -0.2) is 30.0 Å². The van der Waals surface area contributed by atoms with Crippen molar-refractivity contribution in [2.45, 2.75) is 46.7 Å². The van der Waals surface area contributed by atoms with Crippen LogP contribution in [0.4, 0.5) is 0 Å². The van der Waals surface area contributed by atoms with Crippen molar-refractivity contribution >= 4 is 0 Å². The summed E-state index contributed by atoms with van der Waals surface area (Å²) in [7, 11) is 1.73. The van der Waals surface area contributed by atoms with Crippen LogP contribution in [0.2, 0.25) is 0 Å². The third-order valence-electron chi connectivity index (χ3n) is 3.03. The van der Waals surface area contributed by atoms with Crippen LogP contribution in [0, 0.1) is 13.8 Å². The van der Waals surface area contributed by atoms with E-state index in [1.165, 1.54) is 11.3 Å². The third kappa shape index (κ3) is 3.54. The molecular weight excluding hydrogens is 214 g/mol. The quantitative estimate of drug-likeness (QED) is 0.741. The minimum absolute atomic E-state index is 0.290. The minimum Gasteiger partial charge on any atom is -0.382 e. The fraction of sp³-hybridized carbons (Fsp3) is 0.769. The van der Waals surface area contributed by atoms with E-state index < -0.39 is 0 Å². The van der Waals surface area contributed by atoms with Crippen LogP contribution < -0.4 is 5.32 Å². The average molecular weight is 239 g/mol. The Morgan fingerprint density at radius 2 is 2.12 bits per heavy atom. The van der Waals surface area contributed by atoms with Gasteiger partial charge < -0.3 is 10.1 Å². The Kier molecular flexibility index (Phi) is 5.65. The summed E-state index contributed by atoms with van der Waals surface area (Å²) in [6.07, 6.45) is 1.16. The summed E-state index contributed by atoms with van der Waals surface area (Å²) < 4.78 is 7.26. The Balaban J connectivity index is 2.78. The van der Waals surface area contributed by atoms with Crippen molar-refractivity contribution in [3.05, 3.63) is 17.0 Å². The molecule has 0 saturated carbocycles. The Morgan fingerprint density at radius 1 is 1.41 bits per heavy atom. The van der Waals surface area contributed by atoms with Gasteiger partial charge in [-0.25, -0.2) is 0 Å². The second-order valence-corrected chi connectivity index (χ2v) is 4.58. The maximum atomic E-state index is 5.18. The molecule has 0 aliphatic heterocycles. The highest BCUT2D eigenvalue weighted by Gasteiger charge is 2.14. The first kappa shape index (κ1) is 14.2. The molecule has 1 atom stereocenters. The number of ether oxygens (including phenoxy) is 1. The van der Waals surface area contributed by atoms with Gasteiger partial charge in [0.05, 0.1) is 18.3 Å². The van der Waals surface area contributed by atoms with Gasteiger partial charge in [-0.1, -0.05) is 6.92 Å². The van der Waals surface area contributed by atoms with Gasteiger partial charge in [0, 0.05) is 24.9 Å². The van der Waals surface area contributed by atoms with Gasteiger partial charge in [0.15, 0.2) is 0 Å². The molecule has 0 aliphatic carbocycles. The zero-order chi connectivity index (χ0) is 12.8. The zero-order valence-corrected chi connectivity index (χ0v) is 11.7. The summed E-state index contributed by atoms with van der Waals surface area (Å²) in [5, 5.41) is 8.04. The summed E-state index contributed by atoms with van der Waals surface area (Å²) in [6, 6.07) is 0.290. The van der Waals surface area contributed by atoms with Crippen molar-refractivity contribution in [2.24, 2.45) is 0 Å². The molecule has 1 heterocycles. The van der Waals surface area contributed by atoms with Crippen molar-refractivity contribution in [1.29, 1.82) is 0 Å². The Bertz CT molecular complexity index is 347. The van der Waals surface area contributed by atoms with Crippen LogP contribution in [-0.2, 0) is 11.3 Å². The summed E-state index contributed by atoms with van der Waals surface area (Å²) >= 11 is 0. The van der Waals surface area contributed by atoms with Crippen LogP contribution >= 0.6 is 0 Å². The Morgan fingerprint density at radius 3 is 2.71 bits per heavy atom. The van der Waals surface area contributed by atoms with Gasteiger partial charge in [0.1, 0.15) is 0 Å². The third-order valence-corrected chi connectivity index (χ3v) is 3.03. The lowest BCUT2D eigenvalue weighted by molar-refractivity contribution is 0.156. The summed E-state index contributed by atoms with van der Waals surface area (Å²) in [4.78, 5) is 0. The minimum atomic E-state index is 0.290. The first-order valence-electron chi connectivity index (χ1n) is 6.36. The predicted molar refractivity (Wildman–Crippen MR) is 70.3 cm³/mol. The van der Waals surface area contributed by atoms with E-state index in [1.807, 2.05) is 0 Å². The number of hydrogen-bond donors (Lipinski definition) is 1. The molecule has 1 rings (SSSR count). The summed E-state index contributed by atoms with van der Waals surface area (Å²) in [6.45, 7) is 11.2. The highest BCUT2D eigenvalue weighted by molar-refractivity contribution is 5.24. The first-order valence-corrected chi connectivity index (χ1v) is 6.36. The normalized spacial score (nSPS) is 13.0. The van der Waals surface area contributed by atoms with Gasteiger partial charge in [0.25, 0.3) is 0 Å². The standard InChI is InChI=1S/C13H25N3O/c1-6-7-14-8-13-11(3)15-16(12(13)4)10(2)9-17-5/h10,14H,6-9H2,1-5H3. The summed E-state index contributed by atoms with van der Waals surface area (Å²) in [5.74, 6) is 0. The maximum absolute atomic E-state index is 5.18. The molecule has 98 valence electrons. The Labute approximate surface area is 104 Å². The molecule has 1 aromatic rings. The van der Waals surface area contributed by atoms with Crippen molar-refractivity contribution in [3.63, 3.8) is 0 Å². The summed E-state index contributed by atoms with van der Waals surface area (Å²) in [5.41, 5.74) is 3.69. The molecule has 1 N–H and O–H groups in total. The van der Waals surface area contributed by atoms with Crippen molar-refractivity contribution in [2.75, 3.05) is 20.3 Å². The molecule has 4 nitrogen and oxygen atoms in total. The van der Waals surface area contributed by atoms with Crippen molar-refractivity contribution < 1.29 is 4.74 Å². The average Bonchev–Trinajstić information content (AvgIpc) is 2.57. The molecule has 0 saturated heterocycles. The molecule has 0 amide bonds. The molecule has 4 heteroatoms. The van der Waals surface area contributed by atoms with E-state index in [4.69, 9.17) is 4.74 Å². The second kappa shape index (κ2) is 6.77. The van der Waals surface area contributed by atoms with Crippen LogP contribution in [0.1, 0.15) is 43.3 Å². The largest absolute Gasteiger partial charge is 0.382 e. The molecule has 1 aromatic heterocycles. The number of methoxy groups -OCH3 is 1. The van der Waals surface area contributed by atoms with Gasteiger partial charge in [-0.3, -0.25) is 4.68 Å². The number of nitrogens with zero attached hydrogens (tertiary/aromatic N) is 2. The van der Waals surface area contributed by atoms with Crippen LogP contribution in [0.3, 0.4) is 0 Å². The SMILES string of the molecule is CCCNCc1c(C)nn(C(C)COC)c1C. The first-order chi connectivity index (χ1) is 8.11. The molecule has 0 bridgehead atoms. The van der Waals surface area contributed by atoms with Crippen molar-refractivity contribution in [3.8, 4) is 0 Å². The highest BCUT2D eigenvalue weighted by Crippen LogP contribution is 2.17. The fourth-order valence-corrected chi connectivity index (χ4v) is 2.08. The predicted octanol–water partition coefficient (Wildman–Crippen LogP) is 2.21. The van der Waals surface area contributed by atoms with E-state index in [0.717, 1.165) is 25.2 Å². The topological polar surface area (TPSA) is 39.1 Å². The number of aromatic nitrogens is 2. The molecule has 1 unspecified atom stereocenters. The van der Waals surface area contributed by atoms with E-state index in [9.17, 15) is 0 Å². The van der Waals surface area contributed by atoms with Gasteiger partial charge in [0.2, 0.25) is 0 Å². The zero-order valence-electron chi connectivity index (χ0n) is 11.7. The number of aryl methyl sites for hydroxylation is 1. The van der Waals surface area contributed by atoms with Crippen LogP contribution in [0.25, 0.3) is 0 Å². The maximum Gasteiger partial charge on any atom is 0.0727 e. The lowest BCUT2D eigenvalue weighted by Crippen LogP contribution is -2.16. The molecule has 17 heavy (non-hydrogen) atoms. The molecule has 0 spiro atoms. The molecule has 0 aromatic carbocycles. The molecule has 0 aliphatic rings. The number of nitrogens with one attached hydrogen (secondary N) is 1. The van der Waals surface area contributed by atoms with Gasteiger partial charge in [-0.2, -0.15) is 5.10 Å². The monoisotopic (exact) mass is 239 g/mol. The van der Waals surface area contributed by atoms with E-state index >= 15 is 0 Å². The van der Waals surface area contributed by atoms with E-state index in [-0.39, 0.29) is 0 Å². The fourth-order valence-electron chi connectivity index (χ4n) is 2.08.